The van der Waals surface area contributed by atoms with Crippen LogP contribution in [0.5, 0.6) is 0 Å². The minimum Gasteiger partial charge on any atom is -0.388 e. The van der Waals surface area contributed by atoms with E-state index in [1.54, 1.807) is 11.3 Å². The van der Waals surface area contributed by atoms with E-state index in [0.29, 0.717) is 0 Å². The molecule has 2 aromatic rings. The molecule has 1 heterocycles. The van der Waals surface area contributed by atoms with Crippen molar-refractivity contribution >= 4 is 17.0 Å². The van der Waals surface area contributed by atoms with Crippen molar-refractivity contribution < 1.29 is 5.11 Å². The summed E-state index contributed by atoms with van der Waals surface area (Å²) in [6.07, 6.45) is 2.55. The number of thiazole rings is 1. The van der Waals surface area contributed by atoms with Gasteiger partial charge >= 0.3 is 0 Å². The number of anilines is 1. The smallest absolute Gasteiger partial charge is 0.123 e. The Morgan fingerprint density at radius 2 is 2.04 bits per heavy atom. The zero-order valence-electron chi connectivity index (χ0n) is 14.3. The molecule has 23 heavy (non-hydrogen) atoms. The van der Waals surface area contributed by atoms with E-state index in [1.807, 2.05) is 0 Å². The predicted octanol–water partition coefficient (Wildman–Crippen LogP) is 3.31. The summed E-state index contributed by atoms with van der Waals surface area (Å²) in [5.41, 5.74) is 4.78. The summed E-state index contributed by atoms with van der Waals surface area (Å²) in [6.45, 7) is 0.898. The Balaban J connectivity index is 2.00. The van der Waals surface area contributed by atoms with Crippen molar-refractivity contribution in [3.63, 3.8) is 0 Å². The highest BCUT2D eigenvalue weighted by molar-refractivity contribution is 7.15. The molecule has 0 saturated carbocycles. The zero-order chi connectivity index (χ0) is 16.6. The first-order valence-corrected chi connectivity index (χ1v) is 8.90. The van der Waals surface area contributed by atoms with Crippen molar-refractivity contribution in [1.29, 1.82) is 0 Å². The summed E-state index contributed by atoms with van der Waals surface area (Å²) < 4.78 is 0. The van der Waals surface area contributed by atoms with Gasteiger partial charge in [-0.25, -0.2) is 4.98 Å². The van der Waals surface area contributed by atoms with Crippen LogP contribution in [0.15, 0.2) is 18.2 Å². The molecule has 1 unspecified atom stereocenters. The second-order valence-corrected chi connectivity index (χ2v) is 7.74. The van der Waals surface area contributed by atoms with E-state index in [2.05, 4.69) is 56.2 Å². The Kier molecular flexibility index (Phi) is 4.71. The molecule has 0 aliphatic heterocycles. The van der Waals surface area contributed by atoms with Gasteiger partial charge in [0.15, 0.2) is 0 Å². The van der Waals surface area contributed by atoms with Crippen molar-refractivity contribution in [1.82, 2.24) is 9.88 Å². The molecule has 124 valence electrons. The van der Waals surface area contributed by atoms with Gasteiger partial charge in [-0.3, -0.25) is 0 Å². The van der Waals surface area contributed by atoms with Crippen LogP contribution in [0, 0.1) is 0 Å². The maximum Gasteiger partial charge on any atom is 0.123 e. The van der Waals surface area contributed by atoms with Crippen molar-refractivity contribution in [3.8, 4) is 10.6 Å². The minimum atomic E-state index is -0.327. The first-order valence-electron chi connectivity index (χ1n) is 8.08. The van der Waals surface area contributed by atoms with Crippen LogP contribution < -0.4 is 4.90 Å². The molecule has 1 N–H and O–H groups in total. The fraction of sp³-hybridized carbons (Fsp3) is 0.500. The van der Waals surface area contributed by atoms with Crippen LogP contribution in [0.3, 0.4) is 0 Å². The van der Waals surface area contributed by atoms with Gasteiger partial charge in [0.1, 0.15) is 5.01 Å². The van der Waals surface area contributed by atoms with Gasteiger partial charge in [-0.05, 0) is 57.1 Å². The average molecular weight is 331 g/mol. The van der Waals surface area contributed by atoms with Gasteiger partial charge in [-0.1, -0.05) is 0 Å². The molecule has 1 atom stereocenters. The van der Waals surface area contributed by atoms with Crippen LogP contribution in [0.4, 0.5) is 5.69 Å². The third kappa shape index (κ3) is 3.42. The number of aryl methyl sites for hydroxylation is 1. The highest BCUT2D eigenvalue weighted by Crippen LogP contribution is 2.38. The highest BCUT2D eigenvalue weighted by atomic mass is 32.1. The molecule has 0 spiro atoms. The Morgan fingerprint density at radius 3 is 2.70 bits per heavy atom. The molecule has 0 fully saturated rings. The van der Waals surface area contributed by atoms with Gasteiger partial charge in [-0.15, -0.1) is 11.3 Å². The second-order valence-electron chi connectivity index (χ2n) is 6.71. The summed E-state index contributed by atoms with van der Waals surface area (Å²) >= 11 is 1.65. The number of aliphatic hydroxyl groups excluding tert-OH is 1. The van der Waals surface area contributed by atoms with Gasteiger partial charge in [-0.2, -0.15) is 0 Å². The lowest BCUT2D eigenvalue weighted by Gasteiger charge is -2.20. The third-order valence-corrected chi connectivity index (χ3v) is 5.46. The monoisotopic (exact) mass is 331 g/mol. The minimum absolute atomic E-state index is 0.327. The molecule has 4 nitrogen and oxygen atoms in total. The number of benzene rings is 1. The number of aliphatic hydroxyl groups is 1. The molecule has 0 saturated heterocycles. The van der Waals surface area contributed by atoms with Gasteiger partial charge in [0, 0.05) is 31.9 Å². The number of aromatic nitrogens is 1. The van der Waals surface area contributed by atoms with Crippen LogP contribution in [-0.2, 0) is 13.0 Å². The first kappa shape index (κ1) is 16.4. The lowest BCUT2D eigenvalue weighted by molar-refractivity contribution is 0.160. The topological polar surface area (TPSA) is 39.6 Å². The van der Waals surface area contributed by atoms with Crippen molar-refractivity contribution in [2.24, 2.45) is 0 Å². The Hall–Kier alpha value is -1.43. The number of rotatable bonds is 4. The molecule has 0 bridgehead atoms. The molecule has 5 heteroatoms. The van der Waals surface area contributed by atoms with E-state index in [1.165, 1.54) is 11.3 Å². The molecule has 3 rings (SSSR count). The molecule has 1 aromatic carbocycles. The van der Waals surface area contributed by atoms with E-state index < -0.39 is 0 Å². The van der Waals surface area contributed by atoms with E-state index >= 15 is 0 Å². The maximum atomic E-state index is 10.2. The third-order valence-electron chi connectivity index (χ3n) is 4.22. The lowest BCUT2D eigenvalue weighted by atomic mass is 10.0. The fourth-order valence-electron chi connectivity index (χ4n) is 3.14. The van der Waals surface area contributed by atoms with Gasteiger partial charge in [0.2, 0.25) is 0 Å². The SMILES string of the molecule is CN(C)Cc1cc(-c2nc3c(s2)C(O)CCC3)ccc1N(C)C. The lowest BCUT2D eigenvalue weighted by Crippen LogP contribution is -2.16. The predicted molar refractivity (Wildman–Crippen MR) is 97.2 cm³/mol. The number of hydrogen-bond donors (Lipinski definition) is 1. The molecule has 1 aromatic heterocycles. The van der Waals surface area contributed by atoms with Crippen molar-refractivity contribution in [2.45, 2.75) is 31.9 Å². The molecule has 1 aliphatic carbocycles. The largest absolute Gasteiger partial charge is 0.388 e. The van der Waals surface area contributed by atoms with Crippen molar-refractivity contribution in [2.75, 3.05) is 33.1 Å². The molecule has 0 amide bonds. The quantitative estimate of drug-likeness (QED) is 0.933. The zero-order valence-corrected chi connectivity index (χ0v) is 15.2. The van der Waals surface area contributed by atoms with E-state index in [-0.39, 0.29) is 6.10 Å². The fourth-order valence-corrected chi connectivity index (χ4v) is 4.27. The summed E-state index contributed by atoms with van der Waals surface area (Å²) in [5, 5.41) is 11.2. The Morgan fingerprint density at radius 1 is 1.26 bits per heavy atom. The summed E-state index contributed by atoms with van der Waals surface area (Å²) in [6, 6.07) is 6.56. The number of nitrogens with zero attached hydrogens (tertiary/aromatic N) is 3. The van der Waals surface area contributed by atoms with E-state index in [4.69, 9.17) is 4.98 Å². The van der Waals surface area contributed by atoms with Crippen LogP contribution in [0.2, 0.25) is 0 Å². The van der Waals surface area contributed by atoms with Crippen LogP contribution in [0.1, 0.15) is 35.1 Å². The van der Waals surface area contributed by atoms with Crippen LogP contribution in [-0.4, -0.2) is 43.2 Å². The first-order chi connectivity index (χ1) is 11.0. The van der Waals surface area contributed by atoms with Gasteiger partial charge in [0.25, 0.3) is 0 Å². The van der Waals surface area contributed by atoms with Crippen LogP contribution >= 0.6 is 11.3 Å². The second kappa shape index (κ2) is 6.59. The van der Waals surface area contributed by atoms with Crippen LogP contribution in [0.25, 0.3) is 10.6 Å². The summed E-state index contributed by atoms with van der Waals surface area (Å²) in [5.74, 6) is 0. The average Bonchev–Trinajstić information content (AvgIpc) is 2.92. The highest BCUT2D eigenvalue weighted by Gasteiger charge is 2.23. The number of fused-ring (bicyclic) bond motifs is 1. The van der Waals surface area contributed by atoms with Gasteiger partial charge in [0.05, 0.1) is 16.7 Å². The molecule has 0 radical (unpaired) electrons. The molecular weight excluding hydrogens is 306 g/mol. The van der Waals surface area contributed by atoms with E-state index in [9.17, 15) is 5.11 Å². The standard InChI is InChI=1S/C18H25N3OS/c1-20(2)11-13-10-12(8-9-15(13)21(3)4)18-19-14-6-5-7-16(22)17(14)23-18/h8-10,16,22H,5-7,11H2,1-4H3. The molecule has 1 aliphatic rings. The molecular formula is C18H25N3OS. The number of hydrogen-bond acceptors (Lipinski definition) is 5. The van der Waals surface area contributed by atoms with Gasteiger partial charge < -0.3 is 14.9 Å². The Labute approximate surface area is 142 Å². The Bertz CT molecular complexity index is 694. The summed E-state index contributed by atoms with van der Waals surface area (Å²) in [4.78, 5) is 10.2. The maximum absolute atomic E-state index is 10.2. The summed E-state index contributed by atoms with van der Waals surface area (Å²) in [7, 11) is 8.33. The van der Waals surface area contributed by atoms with Crippen molar-refractivity contribution in [3.05, 3.63) is 34.3 Å². The van der Waals surface area contributed by atoms with E-state index in [0.717, 1.165) is 46.9 Å². The normalized spacial score (nSPS) is 17.4.